The van der Waals surface area contributed by atoms with Crippen molar-refractivity contribution in [3.8, 4) is 0 Å². The molecule has 13 nitrogen and oxygen atoms in total. The number of non-ortho nitro benzene ring substituents is 1. The van der Waals surface area contributed by atoms with Gasteiger partial charge in [0.2, 0.25) is 11.8 Å². The molecule has 37 heavy (non-hydrogen) atoms. The normalized spacial score (nSPS) is 20.0. The number of hydrogen-bond donors (Lipinski definition) is 1. The number of amides is 2. The second kappa shape index (κ2) is 11.9. The fourth-order valence-corrected chi connectivity index (χ4v) is 5.62. The van der Waals surface area contributed by atoms with E-state index in [1.54, 1.807) is 0 Å². The van der Waals surface area contributed by atoms with E-state index in [1.807, 2.05) is 0 Å². The molecule has 3 atom stereocenters. The Kier molecular flexibility index (Phi) is 9.07. The van der Waals surface area contributed by atoms with Crippen molar-refractivity contribution in [1.29, 1.82) is 0 Å². The van der Waals surface area contributed by atoms with Crippen LogP contribution in [0.5, 0.6) is 0 Å². The van der Waals surface area contributed by atoms with Crippen LogP contribution in [0.25, 0.3) is 0 Å². The Bertz CT molecular complexity index is 1240. The molecular weight excluding hydrogens is 530 g/mol. The number of rotatable bonds is 12. The van der Waals surface area contributed by atoms with Gasteiger partial charge in [-0.1, -0.05) is 11.8 Å². The van der Waals surface area contributed by atoms with E-state index in [4.69, 9.17) is 8.92 Å². The molecule has 1 aromatic carbocycles. The van der Waals surface area contributed by atoms with Gasteiger partial charge in [-0.3, -0.25) is 19.7 Å². The van der Waals surface area contributed by atoms with E-state index in [0.29, 0.717) is 10.5 Å². The lowest BCUT2D eigenvalue weighted by Crippen LogP contribution is -2.62. The van der Waals surface area contributed by atoms with Crippen molar-refractivity contribution < 1.29 is 40.8 Å². The summed E-state index contributed by atoms with van der Waals surface area (Å²) in [5.74, 6) is -2.43. The average molecular weight is 556 g/mol. The molecule has 2 heterocycles. The third-order valence-corrected chi connectivity index (χ3v) is 7.46. The maximum absolute atomic E-state index is 13.0. The molecule has 1 saturated heterocycles. The van der Waals surface area contributed by atoms with E-state index in [0.717, 1.165) is 11.8 Å². The molecule has 1 fully saturated rings. The molecule has 0 aliphatic carbocycles. The van der Waals surface area contributed by atoms with Gasteiger partial charge in [0.15, 0.2) is 0 Å². The van der Waals surface area contributed by atoms with E-state index in [1.165, 1.54) is 61.5 Å². The number of β-lactam (4-membered cyclic amide) rings is 1. The van der Waals surface area contributed by atoms with Crippen molar-refractivity contribution in [3.05, 3.63) is 62.2 Å². The fourth-order valence-electron chi connectivity index (χ4n) is 3.93. The number of nitro benzene ring substituents is 1. The lowest BCUT2D eigenvalue weighted by atomic mass is 9.83. The molecule has 0 spiro atoms. The van der Waals surface area contributed by atoms with Gasteiger partial charge in [0.1, 0.15) is 12.3 Å². The van der Waals surface area contributed by atoms with Gasteiger partial charge in [-0.15, -0.1) is 0 Å². The predicted molar refractivity (Wildman–Crippen MR) is 130 cm³/mol. The summed E-state index contributed by atoms with van der Waals surface area (Å²) in [5, 5.41) is 14.8. The van der Waals surface area contributed by atoms with Crippen molar-refractivity contribution in [2.24, 2.45) is 5.92 Å². The highest BCUT2D eigenvalue weighted by Gasteiger charge is 2.58. The summed E-state index contributed by atoms with van der Waals surface area (Å²) >= 11 is 1.10. The van der Waals surface area contributed by atoms with E-state index in [9.17, 15) is 32.9 Å². The number of hydrogen-bond acceptors (Lipinski definition) is 11. The van der Waals surface area contributed by atoms with Gasteiger partial charge in [0, 0.05) is 36.6 Å². The van der Waals surface area contributed by atoms with Crippen LogP contribution in [0.4, 0.5) is 5.69 Å². The predicted octanol–water partition coefficient (Wildman–Crippen LogP) is 2.11. The van der Waals surface area contributed by atoms with Gasteiger partial charge in [-0.2, -0.15) is 8.42 Å². The van der Waals surface area contributed by atoms with Crippen molar-refractivity contribution in [2.45, 2.75) is 45.9 Å². The molecule has 0 aromatic heterocycles. The van der Waals surface area contributed by atoms with Crippen molar-refractivity contribution in [1.82, 2.24) is 10.2 Å². The molecule has 200 valence electrons. The van der Waals surface area contributed by atoms with Crippen LogP contribution in [0.1, 0.15) is 32.8 Å². The number of benzene rings is 1. The largest absolute Gasteiger partial charge is 0.456 e. The molecule has 0 radical (unpaired) electrons. The van der Waals surface area contributed by atoms with Crippen LogP contribution < -0.4 is 5.32 Å². The lowest BCUT2D eigenvalue weighted by Gasteiger charge is -2.45. The number of ether oxygens (including phenoxy) is 1. The molecule has 1 N–H and O–H groups in total. The Morgan fingerprint density at radius 2 is 2.00 bits per heavy atom. The summed E-state index contributed by atoms with van der Waals surface area (Å²) in [7, 11) is -4.30. The Hall–Kier alpha value is -3.27. The van der Waals surface area contributed by atoms with Crippen LogP contribution >= 0.6 is 11.8 Å². The molecule has 0 unspecified atom stereocenters. The van der Waals surface area contributed by atoms with Gasteiger partial charge >= 0.3 is 16.4 Å². The number of nitrogens with zero attached hydrogens (tertiary/aromatic N) is 2. The van der Waals surface area contributed by atoms with Crippen LogP contribution in [0, 0.1) is 16.0 Å². The summed E-state index contributed by atoms with van der Waals surface area (Å²) < 4.78 is 38.7. The van der Waals surface area contributed by atoms with Crippen LogP contribution in [-0.4, -0.2) is 54.8 Å². The second-order valence-electron chi connectivity index (χ2n) is 8.01. The number of esters is 1. The van der Waals surface area contributed by atoms with Crippen LogP contribution in [0.15, 0.2) is 46.5 Å². The van der Waals surface area contributed by atoms with E-state index in [2.05, 4.69) is 9.50 Å². The summed E-state index contributed by atoms with van der Waals surface area (Å²) in [6, 6.07) is 4.92. The third-order valence-electron chi connectivity index (χ3n) is 5.48. The number of nitro groups is 1. The third kappa shape index (κ3) is 6.74. The first-order valence-corrected chi connectivity index (χ1v) is 13.3. The van der Waals surface area contributed by atoms with Gasteiger partial charge < -0.3 is 15.0 Å². The minimum atomic E-state index is -4.30. The maximum Gasteiger partial charge on any atom is 0.400 e. The second-order valence-corrected chi connectivity index (χ2v) is 10.3. The average Bonchev–Trinajstić information content (AvgIpc) is 3.14. The van der Waals surface area contributed by atoms with E-state index >= 15 is 0 Å². The molecule has 2 aliphatic rings. The molecule has 0 saturated carbocycles. The Morgan fingerprint density at radius 3 is 2.59 bits per heavy atom. The van der Waals surface area contributed by atoms with Gasteiger partial charge in [0.25, 0.3) is 5.69 Å². The zero-order chi connectivity index (χ0) is 27.3. The number of thioether (sulfide) groups is 1. The number of nitrogens with one attached hydrogen (secondary N) is 1. The minimum absolute atomic E-state index is 0.00509. The zero-order valence-electron chi connectivity index (χ0n) is 20.1. The minimum Gasteiger partial charge on any atom is -0.456 e. The standard InChI is InChI=1S/C22H25N3O10S2/c1-4-34-37(31,32)35-13(2)19-17-11-18(36-10-9-23-14(3)26)20(24(17)21(19)27)22(28)33-12-15-5-7-16(8-6-15)25(29)30/h5-10,13,17,19H,4,11-12H2,1-3H3,(H,23,26)/t13-,17+,19-/m0/s1. The van der Waals surface area contributed by atoms with E-state index < -0.39 is 45.3 Å². The van der Waals surface area contributed by atoms with Crippen LogP contribution in [0.2, 0.25) is 0 Å². The molecule has 2 amide bonds. The van der Waals surface area contributed by atoms with Gasteiger partial charge in [-0.05, 0) is 37.0 Å². The molecular formula is C22H25N3O10S2. The van der Waals surface area contributed by atoms with Crippen molar-refractivity contribution in [2.75, 3.05) is 6.61 Å². The highest BCUT2D eigenvalue weighted by atomic mass is 32.3. The summed E-state index contributed by atoms with van der Waals surface area (Å²) in [5.41, 5.74) is 0.399. The Morgan fingerprint density at radius 1 is 1.32 bits per heavy atom. The topological polar surface area (TPSA) is 171 Å². The lowest BCUT2D eigenvalue weighted by molar-refractivity contribution is -0.384. The van der Waals surface area contributed by atoms with Crippen molar-refractivity contribution >= 4 is 45.6 Å². The number of carbonyl (C=O) groups excluding carboxylic acids is 3. The molecule has 0 bridgehead atoms. The fraction of sp³-hybridized carbons (Fsp3) is 0.409. The van der Waals surface area contributed by atoms with Crippen LogP contribution in [-0.2, 0) is 44.5 Å². The molecule has 3 rings (SSSR count). The van der Waals surface area contributed by atoms with Crippen molar-refractivity contribution in [3.63, 3.8) is 0 Å². The summed E-state index contributed by atoms with van der Waals surface area (Å²) in [4.78, 5) is 49.2. The van der Waals surface area contributed by atoms with Gasteiger partial charge in [-0.25, -0.2) is 13.2 Å². The number of carbonyl (C=O) groups is 3. The SMILES string of the molecule is CCOS(=O)(=O)O[C@@H](C)[C@@H]1C(=O)N2C(C(=O)OCc3ccc([N+](=O)[O-])cc3)=C(SC=CNC(C)=O)C[C@H]12. The Labute approximate surface area is 217 Å². The molecule has 15 heteroatoms. The van der Waals surface area contributed by atoms with E-state index in [-0.39, 0.29) is 36.9 Å². The highest BCUT2D eigenvalue weighted by Crippen LogP contribution is 2.48. The first-order chi connectivity index (χ1) is 17.4. The number of fused-ring (bicyclic) bond motifs is 1. The molecule has 2 aliphatic heterocycles. The smallest absolute Gasteiger partial charge is 0.400 e. The zero-order valence-corrected chi connectivity index (χ0v) is 21.7. The van der Waals surface area contributed by atoms with Gasteiger partial charge in [0.05, 0.1) is 29.6 Å². The first-order valence-electron chi connectivity index (χ1n) is 11.1. The quantitative estimate of drug-likeness (QED) is 0.173. The summed E-state index contributed by atoms with van der Waals surface area (Å²) in [6.45, 7) is 3.93. The Balaban J connectivity index is 1.76. The first kappa shape index (κ1) is 28.3. The monoisotopic (exact) mass is 555 g/mol. The summed E-state index contributed by atoms with van der Waals surface area (Å²) in [6.07, 6.45) is 0.576. The highest BCUT2D eigenvalue weighted by molar-refractivity contribution is 8.05. The molecule has 1 aromatic rings. The maximum atomic E-state index is 13.0. The van der Waals surface area contributed by atoms with Crippen LogP contribution in [0.3, 0.4) is 0 Å².